The van der Waals surface area contributed by atoms with Crippen molar-refractivity contribution in [2.75, 3.05) is 5.75 Å². The quantitative estimate of drug-likeness (QED) is 0.568. The fourth-order valence-electron chi connectivity index (χ4n) is 1.99. The van der Waals surface area contributed by atoms with Crippen LogP contribution in [-0.4, -0.2) is 17.6 Å². The van der Waals surface area contributed by atoms with Crippen LogP contribution >= 0.6 is 11.8 Å². The van der Waals surface area contributed by atoms with E-state index < -0.39 is 0 Å². The third kappa shape index (κ3) is 4.36. The van der Waals surface area contributed by atoms with E-state index in [0.717, 1.165) is 4.90 Å². The molecule has 2 rings (SSSR count). The first-order valence-corrected chi connectivity index (χ1v) is 8.04. The van der Waals surface area contributed by atoms with Gasteiger partial charge in [-0.1, -0.05) is 30.3 Å². The SMILES string of the molecule is Cc1ccccc1SCC(=O)c1ccccc1OC(C)C. The summed E-state index contributed by atoms with van der Waals surface area (Å²) in [4.78, 5) is 13.6. The number of benzene rings is 2. The number of hydrogen-bond acceptors (Lipinski definition) is 3. The number of ether oxygens (including phenoxy) is 1. The lowest BCUT2D eigenvalue weighted by Crippen LogP contribution is -2.11. The highest BCUT2D eigenvalue weighted by Gasteiger charge is 2.13. The van der Waals surface area contributed by atoms with Crippen molar-refractivity contribution in [1.29, 1.82) is 0 Å². The molecule has 0 bridgehead atoms. The molecule has 0 saturated carbocycles. The van der Waals surface area contributed by atoms with Crippen molar-refractivity contribution >= 4 is 17.5 Å². The number of thioether (sulfide) groups is 1. The minimum Gasteiger partial charge on any atom is -0.490 e. The molecule has 2 aromatic carbocycles. The Bertz CT molecular complexity index is 620. The second kappa shape index (κ2) is 7.32. The van der Waals surface area contributed by atoms with Gasteiger partial charge < -0.3 is 4.74 Å². The van der Waals surface area contributed by atoms with Gasteiger partial charge in [-0.15, -0.1) is 11.8 Å². The largest absolute Gasteiger partial charge is 0.490 e. The van der Waals surface area contributed by atoms with Crippen molar-refractivity contribution in [3.63, 3.8) is 0 Å². The molecule has 0 amide bonds. The zero-order valence-corrected chi connectivity index (χ0v) is 13.4. The lowest BCUT2D eigenvalue weighted by Gasteiger charge is -2.13. The summed E-state index contributed by atoms with van der Waals surface area (Å²) in [5.74, 6) is 1.19. The number of Topliss-reactive ketones (excluding diaryl/α,β-unsaturated/α-hetero) is 1. The number of para-hydroxylation sites is 1. The molecule has 2 aromatic rings. The molecule has 2 nitrogen and oxygen atoms in total. The van der Waals surface area contributed by atoms with Gasteiger partial charge in [-0.05, 0) is 44.5 Å². The average molecular weight is 300 g/mol. The Morgan fingerprint density at radius 3 is 2.48 bits per heavy atom. The van der Waals surface area contributed by atoms with Crippen molar-refractivity contribution in [2.24, 2.45) is 0 Å². The van der Waals surface area contributed by atoms with Crippen LogP contribution < -0.4 is 4.74 Å². The summed E-state index contributed by atoms with van der Waals surface area (Å²) in [6.45, 7) is 5.98. The topological polar surface area (TPSA) is 26.3 Å². The van der Waals surface area contributed by atoms with Gasteiger partial charge in [0.25, 0.3) is 0 Å². The molecule has 110 valence electrons. The Hall–Kier alpha value is -1.74. The monoisotopic (exact) mass is 300 g/mol. The zero-order valence-electron chi connectivity index (χ0n) is 12.6. The Kier molecular flexibility index (Phi) is 5.45. The molecule has 0 aromatic heterocycles. The van der Waals surface area contributed by atoms with E-state index in [2.05, 4.69) is 13.0 Å². The summed E-state index contributed by atoms with van der Waals surface area (Å²) in [7, 11) is 0. The molecule has 0 heterocycles. The van der Waals surface area contributed by atoms with Gasteiger partial charge in [0.1, 0.15) is 5.75 Å². The maximum absolute atomic E-state index is 12.4. The zero-order chi connectivity index (χ0) is 15.2. The highest BCUT2D eigenvalue weighted by molar-refractivity contribution is 8.00. The number of hydrogen-bond donors (Lipinski definition) is 0. The number of carbonyl (C=O) groups is 1. The van der Waals surface area contributed by atoms with Crippen LogP contribution in [0.4, 0.5) is 0 Å². The van der Waals surface area contributed by atoms with Crippen LogP contribution in [0.25, 0.3) is 0 Å². The molecule has 0 unspecified atom stereocenters. The van der Waals surface area contributed by atoms with Gasteiger partial charge >= 0.3 is 0 Å². The van der Waals surface area contributed by atoms with E-state index in [0.29, 0.717) is 17.1 Å². The van der Waals surface area contributed by atoms with Crippen LogP contribution in [0.15, 0.2) is 53.4 Å². The number of carbonyl (C=O) groups excluding carboxylic acids is 1. The number of aryl methyl sites for hydroxylation is 1. The molecular weight excluding hydrogens is 280 g/mol. The first kappa shape index (κ1) is 15.6. The first-order valence-electron chi connectivity index (χ1n) is 7.05. The highest BCUT2D eigenvalue weighted by atomic mass is 32.2. The normalized spacial score (nSPS) is 10.7. The molecule has 0 spiro atoms. The van der Waals surface area contributed by atoms with Gasteiger partial charge in [-0.3, -0.25) is 4.79 Å². The van der Waals surface area contributed by atoms with Gasteiger partial charge in [-0.2, -0.15) is 0 Å². The van der Waals surface area contributed by atoms with Crippen molar-refractivity contribution in [3.05, 3.63) is 59.7 Å². The smallest absolute Gasteiger partial charge is 0.176 e. The predicted molar refractivity (Wildman–Crippen MR) is 88.4 cm³/mol. The van der Waals surface area contributed by atoms with E-state index in [-0.39, 0.29) is 11.9 Å². The molecule has 0 saturated heterocycles. The summed E-state index contributed by atoms with van der Waals surface area (Å²) in [6, 6.07) is 15.6. The van der Waals surface area contributed by atoms with Gasteiger partial charge in [-0.25, -0.2) is 0 Å². The first-order chi connectivity index (χ1) is 10.1. The Morgan fingerprint density at radius 1 is 1.10 bits per heavy atom. The van der Waals surface area contributed by atoms with Crippen LogP contribution in [0.5, 0.6) is 5.75 Å². The Morgan fingerprint density at radius 2 is 1.76 bits per heavy atom. The molecular formula is C18H20O2S. The molecule has 0 N–H and O–H groups in total. The maximum atomic E-state index is 12.4. The minimum atomic E-state index is 0.0583. The third-order valence-electron chi connectivity index (χ3n) is 3.00. The summed E-state index contributed by atoms with van der Waals surface area (Å²) >= 11 is 1.57. The summed E-state index contributed by atoms with van der Waals surface area (Å²) in [6.07, 6.45) is 0.0583. The van der Waals surface area contributed by atoms with E-state index in [1.807, 2.05) is 56.3 Å². The van der Waals surface area contributed by atoms with Crippen LogP contribution in [0.3, 0.4) is 0 Å². The van der Waals surface area contributed by atoms with Crippen molar-refractivity contribution in [1.82, 2.24) is 0 Å². The highest BCUT2D eigenvalue weighted by Crippen LogP contribution is 2.26. The van der Waals surface area contributed by atoms with E-state index in [4.69, 9.17) is 4.74 Å². The van der Waals surface area contributed by atoms with Crippen LogP contribution in [0.2, 0.25) is 0 Å². The average Bonchev–Trinajstić information content (AvgIpc) is 2.46. The molecule has 3 heteroatoms. The Labute approximate surface area is 130 Å². The van der Waals surface area contributed by atoms with E-state index in [9.17, 15) is 4.79 Å². The lowest BCUT2D eigenvalue weighted by atomic mass is 10.1. The van der Waals surface area contributed by atoms with E-state index in [1.165, 1.54) is 5.56 Å². The molecule has 0 aliphatic rings. The summed E-state index contributed by atoms with van der Waals surface area (Å²) in [5, 5.41) is 0. The molecule has 0 aliphatic carbocycles. The van der Waals surface area contributed by atoms with E-state index >= 15 is 0 Å². The van der Waals surface area contributed by atoms with Crippen molar-refractivity contribution in [2.45, 2.75) is 31.8 Å². The molecule has 0 radical (unpaired) electrons. The minimum absolute atomic E-state index is 0.0583. The fourth-order valence-corrected chi connectivity index (χ4v) is 2.91. The van der Waals surface area contributed by atoms with Gasteiger partial charge in [0.2, 0.25) is 0 Å². The predicted octanol–water partition coefficient (Wildman–Crippen LogP) is 4.76. The molecule has 0 aliphatic heterocycles. The van der Waals surface area contributed by atoms with Gasteiger partial charge in [0.05, 0.1) is 17.4 Å². The lowest BCUT2D eigenvalue weighted by molar-refractivity contribution is 0.101. The van der Waals surface area contributed by atoms with Crippen LogP contribution in [0, 0.1) is 6.92 Å². The summed E-state index contributed by atoms with van der Waals surface area (Å²) in [5.41, 5.74) is 1.86. The van der Waals surface area contributed by atoms with Crippen molar-refractivity contribution in [3.8, 4) is 5.75 Å². The molecule has 21 heavy (non-hydrogen) atoms. The molecule has 0 fully saturated rings. The number of rotatable bonds is 6. The van der Waals surface area contributed by atoms with Crippen LogP contribution in [-0.2, 0) is 0 Å². The standard InChI is InChI=1S/C18H20O2S/c1-13(2)20-17-10-6-5-9-15(17)16(19)12-21-18-11-7-4-8-14(18)3/h4-11,13H,12H2,1-3H3. The van der Waals surface area contributed by atoms with Gasteiger partial charge in [0.15, 0.2) is 5.78 Å². The van der Waals surface area contributed by atoms with E-state index in [1.54, 1.807) is 11.8 Å². The maximum Gasteiger partial charge on any atom is 0.176 e. The second-order valence-electron chi connectivity index (χ2n) is 5.14. The van der Waals surface area contributed by atoms with Crippen LogP contribution in [0.1, 0.15) is 29.8 Å². The van der Waals surface area contributed by atoms with Crippen molar-refractivity contribution < 1.29 is 9.53 Å². The third-order valence-corrected chi connectivity index (χ3v) is 4.18. The van der Waals surface area contributed by atoms with Gasteiger partial charge in [0, 0.05) is 4.90 Å². The second-order valence-corrected chi connectivity index (χ2v) is 6.16. The Balaban J connectivity index is 2.09. The number of ketones is 1. The fraction of sp³-hybridized carbons (Fsp3) is 0.278. The summed E-state index contributed by atoms with van der Waals surface area (Å²) < 4.78 is 5.71. The molecule has 0 atom stereocenters.